The van der Waals surface area contributed by atoms with Crippen LogP contribution < -0.4 is 16.0 Å². The van der Waals surface area contributed by atoms with Crippen LogP contribution in [-0.2, 0) is 0 Å². The van der Waals surface area contributed by atoms with Gasteiger partial charge in [-0.2, -0.15) is 0 Å². The van der Waals surface area contributed by atoms with E-state index in [9.17, 15) is 4.79 Å². The first-order valence-electron chi connectivity index (χ1n) is 6.01. The molecule has 1 aliphatic heterocycles. The Balaban J connectivity index is 1.98. The highest BCUT2D eigenvalue weighted by atomic mass is 16.1. The van der Waals surface area contributed by atoms with Gasteiger partial charge < -0.3 is 16.0 Å². The van der Waals surface area contributed by atoms with Crippen molar-refractivity contribution in [2.24, 2.45) is 5.73 Å². The highest BCUT2D eigenvalue weighted by molar-refractivity contribution is 5.93. The van der Waals surface area contributed by atoms with Gasteiger partial charge in [0.25, 0.3) is 0 Å². The zero-order chi connectivity index (χ0) is 12.3. The number of hydrogen-bond donors (Lipinski definition) is 2. The van der Waals surface area contributed by atoms with Gasteiger partial charge in [0.05, 0.1) is 0 Å². The Hall–Kier alpha value is -1.55. The van der Waals surface area contributed by atoms with Gasteiger partial charge in [-0.1, -0.05) is 0 Å². The van der Waals surface area contributed by atoms with E-state index in [1.165, 1.54) is 12.8 Å². The highest BCUT2D eigenvalue weighted by Crippen LogP contribution is 2.15. The number of carbonyl (C=O) groups is 1. The third kappa shape index (κ3) is 2.97. The van der Waals surface area contributed by atoms with Gasteiger partial charge in [-0.25, -0.2) is 0 Å². The van der Waals surface area contributed by atoms with Crippen molar-refractivity contribution in [3.8, 4) is 0 Å². The number of nitrogens with one attached hydrogen (secondary N) is 1. The molecular weight excluding hydrogens is 214 g/mol. The van der Waals surface area contributed by atoms with Crippen LogP contribution in [0.1, 0.15) is 23.2 Å². The molecule has 92 valence electrons. The molecule has 2 rings (SSSR count). The van der Waals surface area contributed by atoms with E-state index < -0.39 is 0 Å². The van der Waals surface area contributed by atoms with Gasteiger partial charge in [0.1, 0.15) is 0 Å². The van der Waals surface area contributed by atoms with Crippen molar-refractivity contribution in [3.05, 3.63) is 29.8 Å². The lowest BCUT2D eigenvalue weighted by atomic mass is 10.1. The number of amides is 1. The fourth-order valence-corrected chi connectivity index (χ4v) is 2.23. The lowest BCUT2D eigenvalue weighted by Gasteiger charge is -2.23. The third-order valence-corrected chi connectivity index (χ3v) is 3.25. The Morgan fingerprint density at radius 1 is 1.47 bits per heavy atom. The van der Waals surface area contributed by atoms with Gasteiger partial charge in [0.2, 0.25) is 5.91 Å². The molecule has 0 radical (unpaired) electrons. The quantitative estimate of drug-likeness (QED) is 0.815. The van der Waals surface area contributed by atoms with Crippen LogP contribution >= 0.6 is 0 Å². The van der Waals surface area contributed by atoms with E-state index in [0.717, 1.165) is 18.8 Å². The summed E-state index contributed by atoms with van der Waals surface area (Å²) in [6, 6.07) is 8.01. The number of likely N-dealkylation sites (N-methyl/N-ethyl adjacent to an activating group) is 1. The average Bonchev–Trinajstić information content (AvgIpc) is 2.82. The van der Waals surface area contributed by atoms with Crippen LogP contribution in [-0.4, -0.2) is 32.1 Å². The number of nitrogens with zero attached hydrogens (tertiary/aromatic N) is 1. The summed E-state index contributed by atoms with van der Waals surface area (Å²) in [4.78, 5) is 13.2. The monoisotopic (exact) mass is 233 g/mol. The summed E-state index contributed by atoms with van der Waals surface area (Å²) in [7, 11) is 2.07. The third-order valence-electron chi connectivity index (χ3n) is 3.25. The fourth-order valence-electron chi connectivity index (χ4n) is 2.23. The zero-order valence-corrected chi connectivity index (χ0v) is 10.1. The van der Waals surface area contributed by atoms with E-state index in [1.54, 1.807) is 12.1 Å². The van der Waals surface area contributed by atoms with Crippen LogP contribution in [0.5, 0.6) is 0 Å². The second-order valence-electron chi connectivity index (χ2n) is 4.58. The minimum atomic E-state index is -0.378. The maximum absolute atomic E-state index is 11.0. The van der Waals surface area contributed by atoms with Gasteiger partial charge in [-0.3, -0.25) is 4.79 Å². The lowest BCUT2D eigenvalue weighted by Crippen LogP contribution is -2.35. The maximum atomic E-state index is 11.0. The van der Waals surface area contributed by atoms with Crippen LogP contribution in [0.2, 0.25) is 0 Å². The smallest absolute Gasteiger partial charge is 0.248 e. The Morgan fingerprint density at radius 3 is 2.71 bits per heavy atom. The van der Waals surface area contributed by atoms with Crippen LogP contribution in [0.4, 0.5) is 5.69 Å². The first-order valence-corrected chi connectivity index (χ1v) is 6.01. The normalized spacial score (nSPS) is 19.2. The van der Waals surface area contributed by atoms with Gasteiger partial charge in [0.15, 0.2) is 0 Å². The predicted molar refractivity (Wildman–Crippen MR) is 69.3 cm³/mol. The van der Waals surface area contributed by atoms with Crippen LogP contribution in [0.25, 0.3) is 0 Å². The summed E-state index contributed by atoms with van der Waals surface area (Å²) in [6.45, 7) is 2.12. The number of carbonyl (C=O) groups excluding carboxylic acids is 1. The summed E-state index contributed by atoms with van der Waals surface area (Å²) in [5.74, 6) is -0.378. The second-order valence-corrected chi connectivity index (χ2v) is 4.58. The number of primary amides is 1. The minimum absolute atomic E-state index is 0.378. The summed E-state index contributed by atoms with van der Waals surface area (Å²) in [5.41, 5.74) is 6.88. The predicted octanol–water partition coefficient (Wildman–Crippen LogP) is 0.974. The van der Waals surface area contributed by atoms with Crippen LogP contribution in [0, 0.1) is 0 Å². The van der Waals surface area contributed by atoms with Crippen molar-refractivity contribution >= 4 is 11.6 Å². The zero-order valence-electron chi connectivity index (χ0n) is 10.1. The molecule has 0 spiro atoms. The molecule has 4 nitrogen and oxygen atoms in total. The highest BCUT2D eigenvalue weighted by Gasteiger charge is 2.16. The Labute approximate surface area is 102 Å². The molecule has 1 atom stereocenters. The molecular formula is C13H19N3O. The van der Waals surface area contributed by atoms with Gasteiger partial charge in [-0.05, 0) is 43.7 Å². The topological polar surface area (TPSA) is 58.4 Å². The molecule has 0 aromatic heterocycles. The summed E-state index contributed by atoms with van der Waals surface area (Å²) < 4.78 is 0. The average molecular weight is 233 g/mol. The molecule has 1 aliphatic rings. The molecule has 3 N–H and O–H groups in total. The van der Waals surface area contributed by atoms with E-state index >= 15 is 0 Å². The summed E-state index contributed by atoms with van der Waals surface area (Å²) >= 11 is 0. The molecule has 1 fully saturated rings. The Morgan fingerprint density at radius 2 is 2.18 bits per heavy atom. The van der Waals surface area contributed by atoms with Crippen molar-refractivity contribution in [2.75, 3.05) is 25.0 Å². The molecule has 1 saturated heterocycles. The van der Waals surface area contributed by atoms with E-state index in [1.807, 2.05) is 12.1 Å². The second kappa shape index (κ2) is 5.19. The van der Waals surface area contributed by atoms with E-state index in [0.29, 0.717) is 11.6 Å². The molecule has 1 aromatic rings. The van der Waals surface area contributed by atoms with E-state index in [2.05, 4.69) is 17.3 Å². The lowest BCUT2D eigenvalue weighted by molar-refractivity contribution is 0.100. The number of benzene rings is 1. The number of nitrogens with two attached hydrogens (primary N) is 1. The van der Waals surface area contributed by atoms with Crippen molar-refractivity contribution in [1.29, 1.82) is 0 Å². The molecule has 4 heteroatoms. The summed E-state index contributed by atoms with van der Waals surface area (Å²) in [6.07, 6.45) is 2.50. The van der Waals surface area contributed by atoms with Crippen LogP contribution in [0.3, 0.4) is 0 Å². The molecule has 1 amide bonds. The Kier molecular flexibility index (Phi) is 3.64. The minimum Gasteiger partial charge on any atom is -0.373 e. The molecule has 0 saturated carbocycles. The first kappa shape index (κ1) is 11.9. The molecule has 0 aliphatic carbocycles. The number of rotatable bonds is 4. The van der Waals surface area contributed by atoms with Crippen molar-refractivity contribution in [3.63, 3.8) is 0 Å². The molecule has 1 unspecified atom stereocenters. The molecule has 0 bridgehead atoms. The van der Waals surface area contributed by atoms with Crippen LogP contribution in [0.15, 0.2) is 24.3 Å². The van der Waals surface area contributed by atoms with Gasteiger partial charge >= 0.3 is 0 Å². The molecule has 1 heterocycles. The molecule has 17 heavy (non-hydrogen) atoms. The SMILES string of the molecule is CN(CC1CCCN1)c1ccc(C(N)=O)cc1. The van der Waals surface area contributed by atoms with Gasteiger partial charge in [0, 0.05) is 30.9 Å². The van der Waals surface area contributed by atoms with Crippen molar-refractivity contribution < 1.29 is 4.79 Å². The van der Waals surface area contributed by atoms with E-state index in [4.69, 9.17) is 5.73 Å². The first-order chi connectivity index (χ1) is 8.16. The largest absolute Gasteiger partial charge is 0.373 e. The number of anilines is 1. The van der Waals surface area contributed by atoms with Gasteiger partial charge in [-0.15, -0.1) is 0 Å². The Bertz CT molecular complexity index is 382. The van der Waals surface area contributed by atoms with Crippen molar-refractivity contribution in [1.82, 2.24) is 5.32 Å². The standard InChI is InChI=1S/C13H19N3O/c1-16(9-11-3-2-8-15-11)12-6-4-10(5-7-12)13(14)17/h4-7,11,15H,2-3,8-9H2,1H3,(H2,14,17). The van der Waals surface area contributed by atoms with Crippen molar-refractivity contribution in [2.45, 2.75) is 18.9 Å². The fraction of sp³-hybridized carbons (Fsp3) is 0.462. The van der Waals surface area contributed by atoms with E-state index in [-0.39, 0.29) is 5.91 Å². The molecule has 1 aromatic carbocycles. The number of hydrogen-bond acceptors (Lipinski definition) is 3. The summed E-state index contributed by atoms with van der Waals surface area (Å²) in [5, 5.41) is 3.47. The maximum Gasteiger partial charge on any atom is 0.248 e.